The van der Waals surface area contributed by atoms with Crippen LogP contribution in [0.5, 0.6) is 0 Å². The van der Waals surface area contributed by atoms with Crippen LogP contribution in [0.2, 0.25) is 0 Å². The summed E-state index contributed by atoms with van der Waals surface area (Å²) >= 11 is 0. The lowest BCUT2D eigenvalue weighted by molar-refractivity contribution is -0.154. The molecule has 0 aromatic heterocycles. The normalized spacial score (nSPS) is 21.4. The molecular formula is C15H16N2O3. The van der Waals surface area contributed by atoms with Crippen molar-refractivity contribution in [3.8, 4) is 6.07 Å². The zero-order valence-electron chi connectivity index (χ0n) is 11.4. The van der Waals surface area contributed by atoms with E-state index in [0.717, 1.165) is 6.42 Å². The second-order valence-electron chi connectivity index (χ2n) is 5.08. The molecule has 1 amide bonds. The minimum Gasteiger partial charge on any atom is -0.452 e. The fourth-order valence-corrected chi connectivity index (χ4v) is 1.84. The van der Waals surface area contributed by atoms with Crippen LogP contribution in [0, 0.1) is 23.2 Å². The summed E-state index contributed by atoms with van der Waals surface area (Å²) in [5.74, 6) is -0.382. The van der Waals surface area contributed by atoms with Crippen LogP contribution in [-0.4, -0.2) is 18.0 Å². The second-order valence-corrected chi connectivity index (χ2v) is 5.08. The van der Waals surface area contributed by atoms with Gasteiger partial charge in [-0.2, -0.15) is 5.26 Å². The molecule has 0 radical (unpaired) electrons. The molecule has 0 unspecified atom stereocenters. The fourth-order valence-electron chi connectivity index (χ4n) is 1.84. The molecule has 3 atom stereocenters. The van der Waals surface area contributed by atoms with Gasteiger partial charge in [0.2, 0.25) is 0 Å². The molecule has 1 N–H and O–H groups in total. The van der Waals surface area contributed by atoms with Crippen molar-refractivity contribution in [2.75, 3.05) is 5.32 Å². The summed E-state index contributed by atoms with van der Waals surface area (Å²) < 4.78 is 5.12. The molecule has 104 valence electrons. The van der Waals surface area contributed by atoms with Crippen molar-refractivity contribution >= 4 is 17.6 Å². The van der Waals surface area contributed by atoms with Crippen molar-refractivity contribution < 1.29 is 14.3 Å². The van der Waals surface area contributed by atoms with E-state index in [1.54, 1.807) is 31.2 Å². The molecule has 0 saturated heterocycles. The average Bonchev–Trinajstić information content (AvgIpc) is 3.16. The van der Waals surface area contributed by atoms with Crippen LogP contribution >= 0.6 is 0 Å². The van der Waals surface area contributed by atoms with Crippen molar-refractivity contribution in [3.05, 3.63) is 29.8 Å². The molecule has 2 rings (SSSR count). The Morgan fingerprint density at radius 2 is 2.00 bits per heavy atom. The number of nitrogens with zero attached hydrogens (tertiary/aromatic N) is 1. The maximum absolute atomic E-state index is 11.9. The summed E-state index contributed by atoms with van der Waals surface area (Å²) in [5, 5.41) is 11.3. The number of hydrogen-bond acceptors (Lipinski definition) is 4. The van der Waals surface area contributed by atoms with Crippen molar-refractivity contribution in [1.29, 1.82) is 5.26 Å². The quantitative estimate of drug-likeness (QED) is 0.851. The molecule has 1 aliphatic carbocycles. The molecule has 1 fully saturated rings. The first-order chi connectivity index (χ1) is 9.51. The molecule has 5 heteroatoms. The van der Waals surface area contributed by atoms with Gasteiger partial charge in [0, 0.05) is 5.69 Å². The Balaban J connectivity index is 1.87. The van der Waals surface area contributed by atoms with E-state index in [2.05, 4.69) is 5.32 Å². The number of amides is 1. The number of nitriles is 1. The Morgan fingerprint density at radius 1 is 1.40 bits per heavy atom. The van der Waals surface area contributed by atoms with Gasteiger partial charge in [0.15, 0.2) is 6.10 Å². The molecule has 1 aromatic rings. The van der Waals surface area contributed by atoms with E-state index in [1.807, 2.05) is 13.0 Å². The molecular weight excluding hydrogens is 256 g/mol. The summed E-state index contributed by atoms with van der Waals surface area (Å²) in [6.07, 6.45) is 0.00828. The van der Waals surface area contributed by atoms with Gasteiger partial charge in [-0.3, -0.25) is 9.59 Å². The lowest BCUT2D eigenvalue weighted by Crippen LogP contribution is -2.30. The topological polar surface area (TPSA) is 79.2 Å². The van der Waals surface area contributed by atoms with Gasteiger partial charge in [-0.1, -0.05) is 6.92 Å². The van der Waals surface area contributed by atoms with Gasteiger partial charge >= 0.3 is 5.97 Å². The van der Waals surface area contributed by atoms with Crippen molar-refractivity contribution in [2.24, 2.45) is 11.8 Å². The van der Waals surface area contributed by atoms with Gasteiger partial charge in [-0.25, -0.2) is 0 Å². The lowest BCUT2D eigenvalue weighted by atomic mass is 10.2. The standard InChI is InChI=1S/C15H16N2O3/c1-9-7-13(9)15(19)20-10(2)14(18)17-12-5-3-11(8-16)4-6-12/h3-6,9-10,13H,7H2,1-2H3,(H,17,18)/t9-,10-,13+/m0/s1. The third kappa shape index (κ3) is 3.35. The number of hydrogen-bond donors (Lipinski definition) is 1. The summed E-state index contributed by atoms with van der Waals surface area (Å²) in [7, 11) is 0. The maximum Gasteiger partial charge on any atom is 0.309 e. The maximum atomic E-state index is 11.9. The molecule has 1 aromatic carbocycles. The number of rotatable bonds is 4. The number of nitrogens with one attached hydrogen (secondary N) is 1. The highest BCUT2D eigenvalue weighted by atomic mass is 16.5. The second kappa shape index (κ2) is 5.74. The highest BCUT2D eigenvalue weighted by Gasteiger charge is 2.41. The number of anilines is 1. The van der Waals surface area contributed by atoms with E-state index in [-0.39, 0.29) is 17.8 Å². The largest absolute Gasteiger partial charge is 0.452 e. The molecule has 20 heavy (non-hydrogen) atoms. The van der Waals surface area contributed by atoms with Gasteiger partial charge in [0.05, 0.1) is 17.6 Å². The van der Waals surface area contributed by atoms with Crippen LogP contribution in [-0.2, 0) is 14.3 Å². The van der Waals surface area contributed by atoms with Crippen LogP contribution in [0.3, 0.4) is 0 Å². The molecule has 0 spiro atoms. The van der Waals surface area contributed by atoms with Crippen molar-refractivity contribution in [2.45, 2.75) is 26.4 Å². The van der Waals surface area contributed by atoms with Gasteiger partial charge < -0.3 is 10.1 Å². The number of carbonyl (C=O) groups excluding carboxylic acids is 2. The Kier molecular flexibility index (Phi) is 4.04. The smallest absolute Gasteiger partial charge is 0.309 e. The fraction of sp³-hybridized carbons (Fsp3) is 0.400. The van der Waals surface area contributed by atoms with E-state index in [9.17, 15) is 9.59 Å². The molecule has 0 aliphatic heterocycles. The minimum absolute atomic E-state index is 0.0554. The highest BCUT2D eigenvalue weighted by molar-refractivity contribution is 5.95. The van der Waals surface area contributed by atoms with E-state index in [1.165, 1.54) is 0 Å². The molecule has 0 bridgehead atoms. The van der Waals surface area contributed by atoms with Gasteiger partial charge in [-0.05, 0) is 43.5 Å². The summed E-state index contributed by atoms with van der Waals surface area (Å²) in [6.45, 7) is 3.53. The number of ether oxygens (including phenoxy) is 1. The minimum atomic E-state index is -0.828. The molecule has 1 saturated carbocycles. The van der Waals surface area contributed by atoms with E-state index in [4.69, 9.17) is 10.00 Å². The third-order valence-electron chi connectivity index (χ3n) is 3.36. The zero-order valence-corrected chi connectivity index (χ0v) is 11.4. The predicted octanol–water partition coefficient (Wildman–Crippen LogP) is 2.08. The number of benzene rings is 1. The molecule has 1 aliphatic rings. The SMILES string of the molecule is C[C@H](OC(=O)[C@@H]1C[C@@H]1C)C(=O)Nc1ccc(C#N)cc1. The van der Waals surface area contributed by atoms with Crippen LogP contribution in [0.4, 0.5) is 5.69 Å². The first-order valence-electron chi connectivity index (χ1n) is 6.52. The van der Waals surface area contributed by atoms with E-state index >= 15 is 0 Å². The highest BCUT2D eigenvalue weighted by Crippen LogP contribution is 2.38. The van der Waals surface area contributed by atoms with Gasteiger partial charge in [0.1, 0.15) is 0 Å². The van der Waals surface area contributed by atoms with Crippen LogP contribution in [0.15, 0.2) is 24.3 Å². The molecule has 5 nitrogen and oxygen atoms in total. The van der Waals surface area contributed by atoms with Crippen LogP contribution in [0.25, 0.3) is 0 Å². The zero-order chi connectivity index (χ0) is 14.7. The van der Waals surface area contributed by atoms with Crippen LogP contribution in [0.1, 0.15) is 25.8 Å². The van der Waals surface area contributed by atoms with Crippen molar-refractivity contribution in [1.82, 2.24) is 0 Å². The number of esters is 1. The Bertz CT molecular complexity index is 559. The van der Waals surface area contributed by atoms with E-state index < -0.39 is 6.10 Å². The van der Waals surface area contributed by atoms with E-state index in [0.29, 0.717) is 17.2 Å². The average molecular weight is 272 g/mol. The Morgan fingerprint density at radius 3 is 2.50 bits per heavy atom. The monoisotopic (exact) mass is 272 g/mol. The summed E-state index contributed by atoms with van der Waals surface area (Å²) in [6, 6.07) is 8.48. The summed E-state index contributed by atoms with van der Waals surface area (Å²) in [5.41, 5.74) is 1.09. The Hall–Kier alpha value is -2.35. The Labute approximate surface area is 117 Å². The van der Waals surface area contributed by atoms with Gasteiger partial charge in [0.25, 0.3) is 5.91 Å². The number of carbonyl (C=O) groups is 2. The summed E-state index contributed by atoms with van der Waals surface area (Å²) in [4.78, 5) is 23.5. The molecule has 0 heterocycles. The first-order valence-corrected chi connectivity index (χ1v) is 6.52. The lowest BCUT2D eigenvalue weighted by Gasteiger charge is -2.13. The predicted molar refractivity (Wildman–Crippen MR) is 72.6 cm³/mol. The van der Waals surface area contributed by atoms with Gasteiger partial charge in [-0.15, -0.1) is 0 Å². The van der Waals surface area contributed by atoms with Crippen molar-refractivity contribution in [3.63, 3.8) is 0 Å². The van der Waals surface area contributed by atoms with Crippen LogP contribution < -0.4 is 5.32 Å². The third-order valence-corrected chi connectivity index (χ3v) is 3.36. The first kappa shape index (κ1) is 14.1.